The predicted octanol–water partition coefficient (Wildman–Crippen LogP) is 3.92. The normalized spacial score (nSPS) is 10.7. The minimum atomic E-state index is -0.219. The van der Waals surface area contributed by atoms with Crippen LogP contribution in [0.25, 0.3) is 6.08 Å². The van der Waals surface area contributed by atoms with Crippen LogP contribution in [0.1, 0.15) is 21.0 Å². The van der Waals surface area contributed by atoms with E-state index in [4.69, 9.17) is 4.42 Å². The van der Waals surface area contributed by atoms with E-state index < -0.39 is 0 Å². The van der Waals surface area contributed by atoms with Crippen LogP contribution in [0.2, 0.25) is 0 Å². The average molecular weight is 352 g/mol. The van der Waals surface area contributed by atoms with Gasteiger partial charge in [-0.2, -0.15) is 0 Å². The Morgan fingerprint density at radius 1 is 1.08 bits per heavy atom. The molecule has 2 amide bonds. The van der Waals surface area contributed by atoms with E-state index in [0.717, 1.165) is 4.88 Å². The molecule has 0 radical (unpaired) electrons. The number of hydrogen-bond donors (Lipinski definition) is 2. The van der Waals surface area contributed by atoms with Gasteiger partial charge in [-0.15, -0.1) is 11.3 Å². The third kappa shape index (κ3) is 4.92. The molecule has 5 nitrogen and oxygen atoms in total. The van der Waals surface area contributed by atoms with Crippen LogP contribution in [-0.4, -0.2) is 11.8 Å². The molecule has 0 fully saturated rings. The molecule has 0 aliphatic heterocycles. The molecule has 0 unspecified atom stereocenters. The van der Waals surface area contributed by atoms with Crippen molar-refractivity contribution in [2.24, 2.45) is 0 Å². The molecule has 0 aliphatic carbocycles. The Labute approximate surface area is 149 Å². The first-order valence-electron chi connectivity index (χ1n) is 7.64. The number of hydrogen-bond acceptors (Lipinski definition) is 4. The minimum absolute atomic E-state index is 0.202. The molecule has 6 heteroatoms. The topological polar surface area (TPSA) is 71.3 Å². The number of furan rings is 1. The molecule has 3 rings (SSSR count). The number of carbonyl (C=O) groups excluding carboxylic acids is 2. The van der Waals surface area contributed by atoms with E-state index >= 15 is 0 Å². The second-order valence-corrected chi connectivity index (χ2v) is 6.16. The van der Waals surface area contributed by atoms with E-state index in [1.165, 1.54) is 6.08 Å². The Morgan fingerprint density at radius 2 is 1.92 bits per heavy atom. The number of amides is 2. The lowest BCUT2D eigenvalue weighted by Crippen LogP contribution is -2.22. The lowest BCUT2D eigenvalue weighted by molar-refractivity contribution is -0.111. The van der Waals surface area contributed by atoms with Crippen LogP contribution in [0.3, 0.4) is 0 Å². The first kappa shape index (κ1) is 16.7. The van der Waals surface area contributed by atoms with Gasteiger partial charge in [-0.05, 0) is 53.9 Å². The van der Waals surface area contributed by atoms with Gasteiger partial charge in [0.05, 0.1) is 12.8 Å². The van der Waals surface area contributed by atoms with Gasteiger partial charge in [0.25, 0.3) is 5.91 Å². The van der Waals surface area contributed by atoms with E-state index in [1.54, 1.807) is 60.1 Å². The third-order valence-electron chi connectivity index (χ3n) is 3.36. The molecule has 0 spiro atoms. The molecule has 2 aromatic heterocycles. The van der Waals surface area contributed by atoms with Crippen LogP contribution in [0, 0.1) is 0 Å². The second-order valence-electron chi connectivity index (χ2n) is 5.18. The molecule has 126 valence electrons. The average Bonchev–Trinajstić information content (AvgIpc) is 3.32. The summed E-state index contributed by atoms with van der Waals surface area (Å²) in [6.45, 7) is 0.331. The predicted molar refractivity (Wildman–Crippen MR) is 98.3 cm³/mol. The van der Waals surface area contributed by atoms with Gasteiger partial charge in [0.1, 0.15) is 5.76 Å². The highest BCUT2D eigenvalue weighted by Crippen LogP contribution is 2.12. The summed E-state index contributed by atoms with van der Waals surface area (Å²) in [5.41, 5.74) is 1.14. The van der Waals surface area contributed by atoms with Crippen molar-refractivity contribution < 1.29 is 14.0 Å². The molecular formula is C19H16N2O3S. The first-order chi connectivity index (χ1) is 12.2. The summed E-state index contributed by atoms with van der Waals surface area (Å²) in [4.78, 5) is 24.9. The highest BCUT2D eigenvalue weighted by Gasteiger charge is 2.06. The van der Waals surface area contributed by atoms with Crippen molar-refractivity contribution in [1.82, 2.24) is 5.32 Å². The summed E-state index contributed by atoms with van der Waals surface area (Å²) >= 11 is 1.56. The number of nitrogens with one attached hydrogen (secondary N) is 2. The highest BCUT2D eigenvalue weighted by atomic mass is 32.1. The van der Waals surface area contributed by atoms with E-state index in [2.05, 4.69) is 10.6 Å². The second kappa shape index (κ2) is 8.12. The summed E-state index contributed by atoms with van der Waals surface area (Å²) in [6.07, 6.45) is 4.80. The van der Waals surface area contributed by atoms with Crippen LogP contribution in [-0.2, 0) is 11.3 Å². The minimum Gasteiger partial charge on any atom is -0.467 e. The van der Waals surface area contributed by atoms with Crippen molar-refractivity contribution >= 4 is 34.9 Å². The molecule has 2 heterocycles. The van der Waals surface area contributed by atoms with Crippen LogP contribution in [0.15, 0.2) is 70.7 Å². The molecule has 3 aromatic rings. The van der Waals surface area contributed by atoms with Gasteiger partial charge in [0, 0.05) is 22.2 Å². The number of carbonyl (C=O) groups is 2. The summed E-state index contributed by atoms with van der Waals surface area (Å²) in [6, 6.07) is 14.1. The van der Waals surface area contributed by atoms with Crippen molar-refractivity contribution in [2.75, 3.05) is 5.32 Å². The van der Waals surface area contributed by atoms with E-state index in [-0.39, 0.29) is 11.8 Å². The summed E-state index contributed by atoms with van der Waals surface area (Å²) in [7, 11) is 0. The number of anilines is 1. The van der Waals surface area contributed by atoms with Crippen LogP contribution in [0.4, 0.5) is 5.69 Å². The molecule has 0 saturated heterocycles. The maximum Gasteiger partial charge on any atom is 0.251 e. The Bertz CT molecular complexity index is 851. The van der Waals surface area contributed by atoms with E-state index in [9.17, 15) is 9.59 Å². The summed E-state index contributed by atoms with van der Waals surface area (Å²) in [5.74, 6) is 0.269. The quantitative estimate of drug-likeness (QED) is 0.661. The maximum atomic E-state index is 12.1. The van der Waals surface area contributed by atoms with Crippen molar-refractivity contribution in [2.45, 2.75) is 6.54 Å². The fraction of sp³-hybridized carbons (Fsp3) is 0.0526. The smallest absolute Gasteiger partial charge is 0.251 e. The standard InChI is InChI=1S/C19H16N2O3S/c22-18(10-9-17-4-2-12-25-17)21-15-7-5-14(6-8-15)19(23)20-13-16-3-1-11-24-16/h1-12H,13H2,(H,20,23)(H,21,22)/b10-9+. The fourth-order valence-corrected chi connectivity index (χ4v) is 2.73. The molecule has 0 aliphatic rings. The summed E-state index contributed by atoms with van der Waals surface area (Å²) in [5, 5.41) is 7.48. The van der Waals surface area contributed by atoms with Crippen molar-refractivity contribution in [1.29, 1.82) is 0 Å². The molecule has 0 atom stereocenters. The van der Waals surface area contributed by atoms with E-state index in [1.807, 2.05) is 17.5 Å². The first-order valence-corrected chi connectivity index (χ1v) is 8.52. The number of thiophene rings is 1. The highest BCUT2D eigenvalue weighted by molar-refractivity contribution is 7.10. The maximum absolute atomic E-state index is 12.1. The van der Waals surface area contributed by atoms with Gasteiger partial charge in [0.2, 0.25) is 5.91 Å². The fourth-order valence-electron chi connectivity index (χ4n) is 2.12. The molecule has 0 bridgehead atoms. The van der Waals surface area contributed by atoms with Crippen LogP contribution < -0.4 is 10.6 Å². The Kier molecular flexibility index (Phi) is 5.43. The molecule has 2 N–H and O–H groups in total. The van der Waals surface area contributed by atoms with Crippen molar-refractivity contribution in [3.8, 4) is 0 Å². The van der Waals surface area contributed by atoms with Gasteiger partial charge in [-0.3, -0.25) is 9.59 Å². The van der Waals surface area contributed by atoms with Gasteiger partial charge in [0.15, 0.2) is 0 Å². The zero-order chi connectivity index (χ0) is 17.5. The third-order valence-corrected chi connectivity index (χ3v) is 4.20. The molecular weight excluding hydrogens is 336 g/mol. The lowest BCUT2D eigenvalue weighted by Gasteiger charge is -2.05. The Morgan fingerprint density at radius 3 is 2.60 bits per heavy atom. The van der Waals surface area contributed by atoms with Gasteiger partial charge in [-0.25, -0.2) is 0 Å². The zero-order valence-corrected chi connectivity index (χ0v) is 14.1. The van der Waals surface area contributed by atoms with Gasteiger partial charge >= 0.3 is 0 Å². The molecule has 0 saturated carbocycles. The Hall–Kier alpha value is -3.12. The number of rotatable bonds is 6. The van der Waals surface area contributed by atoms with E-state index in [0.29, 0.717) is 23.6 Å². The van der Waals surface area contributed by atoms with Crippen molar-refractivity contribution in [3.05, 3.63) is 82.5 Å². The van der Waals surface area contributed by atoms with Crippen LogP contribution >= 0.6 is 11.3 Å². The molecule has 25 heavy (non-hydrogen) atoms. The summed E-state index contributed by atoms with van der Waals surface area (Å²) < 4.78 is 5.16. The SMILES string of the molecule is O=C(/C=C/c1cccs1)Nc1ccc(C(=O)NCc2ccco2)cc1. The zero-order valence-electron chi connectivity index (χ0n) is 13.3. The number of benzene rings is 1. The van der Waals surface area contributed by atoms with Crippen LogP contribution in [0.5, 0.6) is 0 Å². The monoisotopic (exact) mass is 352 g/mol. The molecule has 1 aromatic carbocycles. The largest absolute Gasteiger partial charge is 0.467 e. The van der Waals surface area contributed by atoms with Crippen molar-refractivity contribution in [3.63, 3.8) is 0 Å². The van der Waals surface area contributed by atoms with Gasteiger partial charge in [-0.1, -0.05) is 6.07 Å². The Balaban J connectivity index is 1.52. The lowest BCUT2D eigenvalue weighted by atomic mass is 10.2. The van der Waals surface area contributed by atoms with Gasteiger partial charge < -0.3 is 15.1 Å².